The summed E-state index contributed by atoms with van der Waals surface area (Å²) in [5, 5.41) is 2.85. The van der Waals surface area contributed by atoms with Crippen LogP contribution in [0.25, 0.3) is 0 Å². The van der Waals surface area contributed by atoms with E-state index in [0.717, 1.165) is 6.07 Å². The maximum atomic E-state index is 13.0. The molecule has 1 aromatic carbocycles. The van der Waals surface area contributed by atoms with E-state index < -0.39 is 11.6 Å². The lowest BCUT2D eigenvalue weighted by Crippen LogP contribution is -2.22. The number of anilines is 1. The summed E-state index contributed by atoms with van der Waals surface area (Å²) < 4.78 is 27.3. The molecule has 0 amide bonds. The molecule has 0 radical (unpaired) electrons. The smallest absolute Gasteiger partial charge is 0.293 e. The molecule has 0 unspecified atom stereocenters. The molecule has 19 heavy (non-hydrogen) atoms. The Morgan fingerprint density at radius 2 is 1.95 bits per heavy atom. The van der Waals surface area contributed by atoms with Gasteiger partial charge in [0.1, 0.15) is 11.6 Å². The van der Waals surface area contributed by atoms with E-state index in [1.165, 1.54) is 22.9 Å². The standard InChI is InChI=1S/C13H13F2N3O/c1-18-5-4-17-12(13(18)19)16-3-2-9-6-10(14)8-11(15)7-9/h4-8H,2-3H2,1H3,(H,16,17). The maximum absolute atomic E-state index is 13.0. The van der Waals surface area contributed by atoms with Gasteiger partial charge in [-0.05, 0) is 24.1 Å². The topological polar surface area (TPSA) is 46.9 Å². The molecular formula is C13H13F2N3O. The minimum Gasteiger partial charge on any atom is -0.365 e. The van der Waals surface area contributed by atoms with Gasteiger partial charge in [0.15, 0.2) is 5.82 Å². The summed E-state index contributed by atoms with van der Waals surface area (Å²) in [5.74, 6) is -0.991. The predicted octanol–water partition coefficient (Wildman–Crippen LogP) is 1.71. The molecule has 1 N–H and O–H groups in total. The highest BCUT2D eigenvalue weighted by Gasteiger charge is 2.03. The number of hydrogen-bond acceptors (Lipinski definition) is 3. The Kier molecular flexibility index (Phi) is 3.89. The van der Waals surface area contributed by atoms with Gasteiger partial charge in [0.25, 0.3) is 5.56 Å². The van der Waals surface area contributed by atoms with E-state index in [1.54, 1.807) is 13.2 Å². The molecule has 0 bridgehead atoms. The number of aryl methyl sites for hydroxylation is 1. The van der Waals surface area contributed by atoms with Gasteiger partial charge in [-0.3, -0.25) is 4.79 Å². The molecule has 1 heterocycles. The molecule has 0 atom stereocenters. The first-order valence-electron chi connectivity index (χ1n) is 5.77. The van der Waals surface area contributed by atoms with Crippen LogP contribution in [-0.4, -0.2) is 16.1 Å². The number of nitrogens with zero attached hydrogens (tertiary/aromatic N) is 2. The third-order valence-electron chi connectivity index (χ3n) is 2.65. The molecule has 0 spiro atoms. The van der Waals surface area contributed by atoms with E-state index in [2.05, 4.69) is 10.3 Å². The third-order valence-corrected chi connectivity index (χ3v) is 2.65. The van der Waals surface area contributed by atoms with Crippen LogP contribution >= 0.6 is 0 Å². The second-order valence-electron chi connectivity index (χ2n) is 4.15. The summed E-state index contributed by atoms with van der Waals surface area (Å²) in [7, 11) is 1.62. The van der Waals surface area contributed by atoms with E-state index in [0.29, 0.717) is 18.5 Å². The van der Waals surface area contributed by atoms with E-state index in [4.69, 9.17) is 0 Å². The third kappa shape index (κ3) is 3.37. The predicted molar refractivity (Wildman–Crippen MR) is 68.0 cm³/mol. The Bertz CT molecular complexity index is 620. The molecule has 0 aliphatic carbocycles. The number of rotatable bonds is 4. The van der Waals surface area contributed by atoms with Crippen molar-refractivity contribution >= 4 is 5.82 Å². The van der Waals surface area contributed by atoms with E-state index in [9.17, 15) is 13.6 Å². The number of halogens is 2. The van der Waals surface area contributed by atoms with Crippen molar-refractivity contribution < 1.29 is 8.78 Å². The monoisotopic (exact) mass is 265 g/mol. The van der Waals surface area contributed by atoms with Gasteiger partial charge in [-0.25, -0.2) is 13.8 Å². The first-order chi connectivity index (χ1) is 9.06. The van der Waals surface area contributed by atoms with Crippen LogP contribution in [0.5, 0.6) is 0 Å². The molecule has 4 nitrogen and oxygen atoms in total. The van der Waals surface area contributed by atoms with Crippen molar-refractivity contribution in [1.29, 1.82) is 0 Å². The summed E-state index contributed by atoms with van der Waals surface area (Å²) in [5.41, 5.74) is 0.283. The van der Waals surface area contributed by atoms with Gasteiger partial charge in [-0.1, -0.05) is 0 Å². The van der Waals surface area contributed by atoms with Crippen molar-refractivity contribution in [2.75, 3.05) is 11.9 Å². The fraction of sp³-hybridized carbons (Fsp3) is 0.231. The van der Waals surface area contributed by atoms with Crippen LogP contribution in [0, 0.1) is 11.6 Å². The average molecular weight is 265 g/mol. The number of nitrogens with one attached hydrogen (secondary N) is 1. The fourth-order valence-corrected chi connectivity index (χ4v) is 1.70. The van der Waals surface area contributed by atoms with Crippen molar-refractivity contribution in [2.24, 2.45) is 7.05 Å². The zero-order valence-corrected chi connectivity index (χ0v) is 10.4. The summed E-state index contributed by atoms with van der Waals surface area (Å²) in [6, 6.07) is 3.36. The van der Waals surface area contributed by atoms with Crippen LogP contribution in [0.4, 0.5) is 14.6 Å². The van der Waals surface area contributed by atoms with Crippen molar-refractivity contribution in [1.82, 2.24) is 9.55 Å². The summed E-state index contributed by atoms with van der Waals surface area (Å²) in [6.07, 6.45) is 3.45. The molecule has 2 rings (SSSR count). The molecular weight excluding hydrogens is 252 g/mol. The molecule has 6 heteroatoms. The summed E-state index contributed by atoms with van der Waals surface area (Å²) in [6.45, 7) is 0.370. The largest absolute Gasteiger partial charge is 0.365 e. The zero-order valence-electron chi connectivity index (χ0n) is 10.4. The molecule has 0 aliphatic rings. The van der Waals surface area contributed by atoms with Gasteiger partial charge in [0, 0.05) is 32.1 Å². The normalized spacial score (nSPS) is 10.5. The zero-order chi connectivity index (χ0) is 13.8. The van der Waals surface area contributed by atoms with Gasteiger partial charge in [-0.15, -0.1) is 0 Å². The minimum atomic E-state index is -0.608. The Balaban J connectivity index is 2.00. The van der Waals surface area contributed by atoms with Crippen molar-refractivity contribution in [3.63, 3.8) is 0 Å². The molecule has 2 aromatic rings. The lowest BCUT2D eigenvalue weighted by Gasteiger charge is -2.06. The van der Waals surface area contributed by atoms with Gasteiger partial charge in [-0.2, -0.15) is 0 Å². The lowest BCUT2D eigenvalue weighted by molar-refractivity contribution is 0.580. The van der Waals surface area contributed by atoms with Gasteiger partial charge >= 0.3 is 0 Å². The molecule has 1 aromatic heterocycles. The van der Waals surface area contributed by atoms with Crippen LogP contribution in [0.3, 0.4) is 0 Å². The average Bonchev–Trinajstić information content (AvgIpc) is 2.33. The minimum absolute atomic E-state index is 0.224. The van der Waals surface area contributed by atoms with Crippen LogP contribution < -0.4 is 10.9 Å². The van der Waals surface area contributed by atoms with Crippen LogP contribution in [-0.2, 0) is 13.5 Å². The molecule has 0 saturated carbocycles. The SMILES string of the molecule is Cn1ccnc(NCCc2cc(F)cc(F)c2)c1=O. The van der Waals surface area contributed by atoms with Crippen LogP contribution in [0.2, 0.25) is 0 Å². The molecule has 100 valence electrons. The van der Waals surface area contributed by atoms with Crippen LogP contribution in [0.15, 0.2) is 35.4 Å². The highest BCUT2D eigenvalue weighted by atomic mass is 19.1. The number of hydrogen-bond donors (Lipinski definition) is 1. The van der Waals surface area contributed by atoms with Gasteiger partial charge < -0.3 is 9.88 Å². The highest BCUT2D eigenvalue weighted by Crippen LogP contribution is 2.08. The maximum Gasteiger partial charge on any atom is 0.293 e. The Hall–Kier alpha value is -2.24. The number of benzene rings is 1. The van der Waals surface area contributed by atoms with E-state index >= 15 is 0 Å². The Morgan fingerprint density at radius 3 is 2.63 bits per heavy atom. The summed E-state index contributed by atoms with van der Waals surface area (Å²) >= 11 is 0. The second kappa shape index (κ2) is 5.60. The quantitative estimate of drug-likeness (QED) is 0.915. The van der Waals surface area contributed by atoms with Gasteiger partial charge in [0.2, 0.25) is 0 Å². The molecule has 0 fully saturated rings. The Morgan fingerprint density at radius 1 is 1.26 bits per heavy atom. The van der Waals surface area contributed by atoms with Gasteiger partial charge in [0.05, 0.1) is 0 Å². The molecule has 0 saturated heterocycles. The van der Waals surface area contributed by atoms with Crippen molar-refractivity contribution in [3.8, 4) is 0 Å². The first-order valence-corrected chi connectivity index (χ1v) is 5.77. The fourth-order valence-electron chi connectivity index (χ4n) is 1.70. The second-order valence-corrected chi connectivity index (χ2v) is 4.15. The van der Waals surface area contributed by atoms with E-state index in [-0.39, 0.29) is 11.4 Å². The molecule has 0 aliphatic heterocycles. The number of aromatic nitrogens is 2. The summed E-state index contributed by atoms with van der Waals surface area (Å²) in [4.78, 5) is 15.6. The van der Waals surface area contributed by atoms with Crippen LogP contribution in [0.1, 0.15) is 5.56 Å². The lowest BCUT2D eigenvalue weighted by atomic mass is 10.1. The Labute approximate surface area is 108 Å². The highest BCUT2D eigenvalue weighted by molar-refractivity contribution is 5.31. The van der Waals surface area contributed by atoms with E-state index in [1.807, 2.05) is 0 Å². The van der Waals surface area contributed by atoms with Crippen molar-refractivity contribution in [3.05, 3.63) is 58.1 Å². The van der Waals surface area contributed by atoms with Crippen molar-refractivity contribution in [2.45, 2.75) is 6.42 Å². The first kappa shape index (κ1) is 13.2.